The molecule has 6 rings (SSSR count). The highest BCUT2D eigenvalue weighted by atomic mass is 35.5. The van der Waals surface area contributed by atoms with Gasteiger partial charge in [0.2, 0.25) is 17.7 Å². The number of nitrogens with zero attached hydrogens (tertiary/aromatic N) is 2. The molecule has 1 saturated heterocycles. The Hall–Kier alpha value is -3.77. The number of amides is 3. The van der Waals surface area contributed by atoms with Crippen LogP contribution < -0.4 is 24.6 Å². The van der Waals surface area contributed by atoms with Gasteiger partial charge in [0.15, 0.2) is 11.5 Å². The summed E-state index contributed by atoms with van der Waals surface area (Å²) in [6.45, 7) is 1.62. The van der Waals surface area contributed by atoms with Gasteiger partial charge < -0.3 is 14.8 Å². The van der Waals surface area contributed by atoms with E-state index < -0.39 is 23.0 Å². The summed E-state index contributed by atoms with van der Waals surface area (Å²) in [5.41, 5.74) is 2.57. The average molecular weight is 671 g/mol. The SMILES string of the molecule is COc1ccc([C@H]2c3sc(=O)n(CC(=O)Nc4ccc(Cl)c(Cl)c4)c3SC3C(=O)N(c4ccc(C)cc4)C(=O)C32)cc1OC. The van der Waals surface area contributed by atoms with E-state index in [1.807, 2.05) is 19.1 Å². The first-order chi connectivity index (χ1) is 21.1. The number of anilines is 2. The molecule has 226 valence electrons. The van der Waals surface area contributed by atoms with E-state index in [1.54, 1.807) is 42.5 Å². The summed E-state index contributed by atoms with van der Waals surface area (Å²) >= 11 is 14.2. The Bertz CT molecular complexity index is 1870. The standard InChI is InChI=1S/C31H25Cl2N3O6S2/c1-15-4-8-18(9-5-15)36-28(38)25-24(16-6-11-21(41-2)22(12-16)42-3)27-30(43-26(25)29(36)39)35(31(40)44-27)14-23(37)34-17-7-10-19(32)20(33)13-17/h4-13,24-26H,14H2,1-3H3,(H,34,37)/t24-,25?,26?/m1/s1. The molecule has 2 unspecified atom stereocenters. The highest BCUT2D eigenvalue weighted by Crippen LogP contribution is 2.54. The molecule has 3 aromatic carbocycles. The van der Waals surface area contributed by atoms with E-state index in [0.29, 0.717) is 43.4 Å². The second kappa shape index (κ2) is 12.0. The third-order valence-electron chi connectivity index (χ3n) is 7.61. The number of nitrogens with one attached hydrogen (secondary N) is 1. The lowest BCUT2D eigenvalue weighted by Gasteiger charge is -2.31. The number of halogens is 2. The van der Waals surface area contributed by atoms with E-state index in [4.69, 9.17) is 32.7 Å². The topological polar surface area (TPSA) is 107 Å². The smallest absolute Gasteiger partial charge is 0.308 e. The minimum Gasteiger partial charge on any atom is -0.493 e. The summed E-state index contributed by atoms with van der Waals surface area (Å²) in [5.74, 6) is -1.70. The Balaban J connectivity index is 1.43. The van der Waals surface area contributed by atoms with E-state index >= 15 is 0 Å². The fourth-order valence-corrected chi connectivity index (χ4v) is 8.60. The summed E-state index contributed by atoms with van der Waals surface area (Å²) in [5, 5.41) is 3.00. The van der Waals surface area contributed by atoms with Gasteiger partial charge in [-0.1, -0.05) is 70.1 Å². The molecule has 1 fully saturated rings. The molecule has 0 bridgehead atoms. The molecule has 3 heterocycles. The van der Waals surface area contributed by atoms with Gasteiger partial charge >= 0.3 is 4.87 Å². The van der Waals surface area contributed by atoms with Crippen LogP contribution >= 0.6 is 46.3 Å². The third-order valence-corrected chi connectivity index (χ3v) is 11.0. The molecular formula is C31H25Cl2N3O6S2. The Morgan fingerprint density at radius 1 is 0.909 bits per heavy atom. The fraction of sp³-hybridized carbons (Fsp3) is 0.226. The Kier molecular flexibility index (Phi) is 8.23. The van der Waals surface area contributed by atoms with Crippen LogP contribution in [-0.2, 0) is 20.9 Å². The summed E-state index contributed by atoms with van der Waals surface area (Å²) in [4.78, 5) is 56.0. The maximum Gasteiger partial charge on any atom is 0.308 e. The van der Waals surface area contributed by atoms with Crippen molar-refractivity contribution in [1.82, 2.24) is 4.57 Å². The fourth-order valence-electron chi connectivity index (χ4n) is 5.53. The molecule has 2 aliphatic rings. The Morgan fingerprint density at radius 2 is 1.64 bits per heavy atom. The number of imide groups is 1. The lowest BCUT2D eigenvalue weighted by Crippen LogP contribution is -2.33. The molecule has 0 saturated carbocycles. The van der Waals surface area contributed by atoms with Crippen molar-refractivity contribution in [2.24, 2.45) is 5.92 Å². The van der Waals surface area contributed by atoms with Crippen LogP contribution in [0.1, 0.15) is 21.9 Å². The van der Waals surface area contributed by atoms with Crippen LogP contribution in [0.2, 0.25) is 10.0 Å². The van der Waals surface area contributed by atoms with Gasteiger partial charge in [-0.3, -0.25) is 23.7 Å². The van der Waals surface area contributed by atoms with Crippen molar-refractivity contribution in [2.45, 2.75) is 29.7 Å². The van der Waals surface area contributed by atoms with Crippen molar-refractivity contribution in [1.29, 1.82) is 0 Å². The second-order valence-electron chi connectivity index (χ2n) is 10.3. The largest absolute Gasteiger partial charge is 0.493 e. The minimum absolute atomic E-state index is 0.274. The lowest BCUT2D eigenvalue weighted by atomic mass is 9.83. The molecular weight excluding hydrogens is 645 g/mol. The van der Waals surface area contributed by atoms with Crippen LogP contribution in [0.5, 0.6) is 11.5 Å². The monoisotopic (exact) mass is 669 g/mol. The van der Waals surface area contributed by atoms with Crippen LogP contribution in [0, 0.1) is 12.8 Å². The van der Waals surface area contributed by atoms with Crippen LogP contribution in [0.4, 0.5) is 11.4 Å². The molecule has 44 heavy (non-hydrogen) atoms. The van der Waals surface area contributed by atoms with Crippen LogP contribution in [0.3, 0.4) is 0 Å². The number of benzene rings is 3. The van der Waals surface area contributed by atoms with Gasteiger partial charge in [-0.25, -0.2) is 4.90 Å². The minimum atomic E-state index is -0.826. The zero-order chi connectivity index (χ0) is 31.3. The Labute approximate surface area is 270 Å². The van der Waals surface area contributed by atoms with Crippen molar-refractivity contribution in [3.8, 4) is 11.5 Å². The number of aryl methyl sites for hydroxylation is 1. The molecule has 9 nitrogen and oxygen atoms in total. The van der Waals surface area contributed by atoms with Crippen LogP contribution in [-0.4, -0.2) is 41.8 Å². The average Bonchev–Trinajstić information content (AvgIpc) is 3.45. The van der Waals surface area contributed by atoms with Gasteiger partial charge in [0.05, 0.1) is 40.9 Å². The summed E-state index contributed by atoms with van der Waals surface area (Å²) in [7, 11) is 3.04. The highest BCUT2D eigenvalue weighted by molar-refractivity contribution is 8.00. The molecule has 4 aromatic rings. The number of aromatic nitrogens is 1. The summed E-state index contributed by atoms with van der Waals surface area (Å²) in [6, 6.07) is 17.2. The number of hydrogen-bond acceptors (Lipinski definition) is 8. The number of hydrogen-bond donors (Lipinski definition) is 1. The third kappa shape index (κ3) is 5.27. The first kappa shape index (κ1) is 30.3. The van der Waals surface area contributed by atoms with Gasteiger partial charge in [0, 0.05) is 16.5 Å². The van der Waals surface area contributed by atoms with E-state index in [1.165, 1.54) is 29.8 Å². The summed E-state index contributed by atoms with van der Waals surface area (Å²) < 4.78 is 12.3. The molecule has 13 heteroatoms. The number of methoxy groups -OCH3 is 2. The first-order valence-corrected chi connectivity index (χ1v) is 15.9. The number of ether oxygens (including phenoxy) is 2. The maximum atomic E-state index is 14.1. The van der Waals surface area contributed by atoms with Crippen molar-refractivity contribution >= 4 is 75.4 Å². The number of fused-ring (bicyclic) bond motifs is 2. The van der Waals surface area contributed by atoms with Gasteiger partial charge in [-0.15, -0.1) is 0 Å². The van der Waals surface area contributed by atoms with E-state index in [9.17, 15) is 19.2 Å². The van der Waals surface area contributed by atoms with E-state index in [2.05, 4.69) is 5.32 Å². The van der Waals surface area contributed by atoms with Crippen molar-refractivity contribution in [3.05, 3.63) is 96.4 Å². The van der Waals surface area contributed by atoms with Crippen molar-refractivity contribution in [3.63, 3.8) is 0 Å². The second-order valence-corrected chi connectivity index (χ2v) is 13.2. The highest BCUT2D eigenvalue weighted by Gasteiger charge is 2.57. The maximum absolute atomic E-state index is 14.1. The molecule has 0 spiro atoms. The summed E-state index contributed by atoms with van der Waals surface area (Å²) in [6.07, 6.45) is 0. The van der Waals surface area contributed by atoms with Gasteiger partial charge in [-0.05, 0) is 55.0 Å². The van der Waals surface area contributed by atoms with Gasteiger partial charge in [-0.2, -0.15) is 0 Å². The van der Waals surface area contributed by atoms with Crippen molar-refractivity contribution < 1.29 is 23.9 Å². The number of rotatable bonds is 7. The van der Waals surface area contributed by atoms with Gasteiger partial charge in [0.1, 0.15) is 11.8 Å². The molecule has 1 aromatic heterocycles. The van der Waals surface area contributed by atoms with Crippen LogP contribution in [0.15, 0.2) is 70.5 Å². The molecule has 3 amide bonds. The van der Waals surface area contributed by atoms with Crippen molar-refractivity contribution in [2.75, 3.05) is 24.4 Å². The quantitative estimate of drug-likeness (QED) is 0.241. The number of thioether (sulfide) groups is 1. The molecule has 0 aliphatic carbocycles. The molecule has 3 atom stereocenters. The zero-order valence-corrected chi connectivity index (χ0v) is 26.8. The predicted molar refractivity (Wildman–Crippen MR) is 172 cm³/mol. The first-order valence-electron chi connectivity index (χ1n) is 13.4. The van der Waals surface area contributed by atoms with E-state index in [0.717, 1.165) is 28.7 Å². The number of thiazole rings is 1. The van der Waals surface area contributed by atoms with Gasteiger partial charge in [0.25, 0.3) is 0 Å². The van der Waals surface area contributed by atoms with Crippen LogP contribution in [0.25, 0.3) is 0 Å². The molecule has 2 aliphatic heterocycles. The van der Waals surface area contributed by atoms with E-state index in [-0.39, 0.29) is 28.3 Å². The number of carbonyl (C=O) groups excluding carboxylic acids is 3. The normalized spacial score (nSPS) is 19.0. The predicted octanol–water partition coefficient (Wildman–Crippen LogP) is 5.98. The molecule has 0 radical (unpaired) electrons. The number of carbonyl (C=O) groups is 3. The Morgan fingerprint density at radius 3 is 2.32 bits per heavy atom. The lowest BCUT2D eigenvalue weighted by molar-refractivity contribution is -0.122. The zero-order valence-electron chi connectivity index (χ0n) is 23.6. The molecule has 1 N–H and O–H groups in total.